The van der Waals surface area contributed by atoms with Gasteiger partial charge in [0, 0.05) is 31.6 Å². The Kier molecular flexibility index (Phi) is 10.1. The van der Waals surface area contributed by atoms with Gasteiger partial charge in [-0.3, -0.25) is 9.59 Å². The third kappa shape index (κ3) is 8.12. The number of nitrogens with one attached hydrogen (secondary N) is 1. The van der Waals surface area contributed by atoms with E-state index in [1.54, 1.807) is 31.3 Å². The van der Waals surface area contributed by atoms with Crippen molar-refractivity contribution < 1.29 is 19.1 Å². The number of halogens is 1. The maximum absolute atomic E-state index is 13.7. The smallest absolute Gasteiger partial charge is 0.243 e. The first-order valence-electron chi connectivity index (χ1n) is 11.5. The number of benzene rings is 3. The number of hydrogen-bond donors (Lipinski definition) is 1. The standard InChI is InChI=1S/C28H31ClN2O4/c1-34-17-16-30-28(33)26(18-21-6-4-3-5-7-21)31(20-23-10-14-25(35-2)15-11-23)27(32)19-22-8-12-24(29)13-9-22/h3-15,26H,16-20H2,1-2H3,(H,30,33)/t26-/m0/s1. The summed E-state index contributed by atoms with van der Waals surface area (Å²) in [5, 5.41) is 3.53. The van der Waals surface area contributed by atoms with E-state index in [1.807, 2.05) is 66.7 Å². The van der Waals surface area contributed by atoms with Crippen LogP contribution in [0.5, 0.6) is 5.75 Å². The lowest BCUT2D eigenvalue weighted by Gasteiger charge is -2.31. The molecule has 0 fully saturated rings. The fourth-order valence-corrected chi connectivity index (χ4v) is 3.88. The van der Waals surface area contributed by atoms with Crippen molar-refractivity contribution in [3.8, 4) is 5.75 Å². The van der Waals surface area contributed by atoms with Crippen LogP contribution < -0.4 is 10.1 Å². The molecule has 0 aliphatic rings. The molecule has 0 unspecified atom stereocenters. The fraction of sp³-hybridized carbons (Fsp3) is 0.286. The van der Waals surface area contributed by atoms with Gasteiger partial charge in [-0.15, -0.1) is 0 Å². The molecule has 7 heteroatoms. The SMILES string of the molecule is COCCNC(=O)[C@H](Cc1ccccc1)N(Cc1ccc(OC)cc1)C(=O)Cc1ccc(Cl)cc1. The van der Waals surface area contributed by atoms with Crippen LogP contribution in [0.15, 0.2) is 78.9 Å². The largest absolute Gasteiger partial charge is 0.497 e. The van der Waals surface area contributed by atoms with Gasteiger partial charge >= 0.3 is 0 Å². The molecule has 2 amide bonds. The molecule has 1 atom stereocenters. The number of amides is 2. The van der Waals surface area contributed by atoms with Crippen LogP contribution in [0, 0.1) is 0 Å². The Morgan fingerprint density at radius 2 is 1.54 bits per heavy atom. The van der Waals surface area contributed by atoms with Gasteiger partial charge in [-0.2, -0.15) is 0 Å². The molecule has 0 spiro atoms. The predicted molar refractivity (Wildman–Crippen MR) is 138 cm³/mol. The number of carbonyl (C=O) groups is 2. The van der Waals surface area contributed by atoms with E-state index < -0.39 is 6.04 Å². The van der Waals surface area contributed by atoms with Crippen LogP contribution >= 0.6 is 11.6 Å². The first kappa shape index (κ1) is 26.3. The van der Waals surface area contributed by atoms with E-state index in [2.05, 4.69) is 5.32 Å². The normalized spacial score (nSPS) is 11.5. The number of rotatable bonds is 12. The maximum atomic E-state index is 13.7. The van der Waals surface area contributed by atoms with Gasteiger partial charge in [0.15, 0.2) is 0 Å². The van der Waals surface area contributed by atoms with Crippen molar-refractivity contribution >= 4 is 23.4 Å². The van der Waals surface area contributed by atoms with Crippen molar-refractivity contribution in [3.63, 3.8) is 0 Å². The summed E-state index contributed by atoms with van der Waals surface area (Å²) < 4.78 is 10.3. The highest BCUT2D eigenvalue weighted by atomic mass is 35.5. The highest BCUT2D eigenvalue weighted by Gasteiger charge is 2.30. The van der Waals surface area contributed by atoms with E-state index in [0.29, 0.717) is 24.6 Å². The van der Waals surface area contributed by atoms with Crippen molar-refractivity contribution in [1.82, 2.24) is 10.2 Å². The van der Waals surface area contributed by atoms with Gasteiger partial charge in [0.25, 0.3) is 0 Å². The fourth-order valence-electron chi connectivity index (χ4n) is 3.75. The quantitative estimate of drug-likeness (QED) is 0.381. The van der Waals surface area contributed by atoms with Gasteiger partial charge in [-0.05, 0) is 41.0 Å². The highest BCUT2D eigenvalue weighted by Crippen LogP contribution is 2.19. The van der Waals surface area contributed by atoms with Crippen molar-refractivity contribution in [2.24, 2.45) is 0 Å². The predicted octanol–water partition coefficient (Wildman–Crippen LogP) is 4.29. The van der Waals surface area contributed by atoms with Crippen LogP contribution in [0.1, 0.15) is 16.7 Å². The molecule has 0 radical (unpaired) electrons. The minimum Gasteiger partial charge on any atom is -0.497 e. The second-order valence-corrected chi connectivity index (χ2v) is 8.60. The van der Waals surface area contributed by atoms with E-state index in [-0.39, 0.29) is 24.8 Å². The minimum absolute atomic E-state index is 0.147. The van der Waals surface area contributed by atoms with Crippen LogP contribution in [0.3, 0.4) is 0 Å². The topological polar surface area (TPSA) is 67.9 Å². The first-order valence-corrected chi connectivity index (χ1v) is 11.9. The van der Waals surface area contributed by atoms with Crippen molar-refractivity contribution in [3.05, 3.63) is 101 Å². The highest BCUT2D eigenvalue weighted by molar-refractivity contribution is 6.30. The van der Waals surface area contributed by atoms with Crippen LogP contribution in [0.25, 0.3) is 0 Å². The molecule has 35 heavy (non-hydrogen) atoms. The molecule has 0 aromatic heterocycles. The summed E-state index contributed by atoms with van der Waals surface area (Å²) in [6.07, 6.45) is 0.548. The molecule has 1 N–H and O–H groups in total. The van der Waals surface area contributed by atoms with E-state index in [9.17, 15) is 9.59 Å². The summed E-state index contributed by atoms with van der Waals surface area (Å²) in [6, 6.07) is 23.7. The lowest BCUT2D eigenvalue weighted by Crippen LogP contribution is -2.51. The number of methoxy groups -OCH3 is 2. The lowest BCUT2D eigenvalue weighted by atomic mass is 10.0. The molecule has 6 nitrogen and oxygen atoms in total. The zero-order valence-electron chi connectivity index (χ0n) is 20.1. The van der Waals surface area contributed by atoms with Crippen LogP contribution in [0.4, 0.5) is 0 Å². The zero-order chi connectivity index (χ0) is 25.0. The lowest BCUT2D eigenvalue weighted by molar-refractivity contribution is -0.140. The van der Waals surface area contributed by atoms with E-state index >= 15 is 0 Å². The van der Waals surface area contributed by atoms with Gasteiger partial charge in [-0.1, -0.05) is 66.2 Å². The van der Waals surface area contributed by atoms with Gasteiger partial charge in [0.1, 0.15) is 11.8 Å². The summed E-state index contributed by atoms with van der Waals surface area (Å²) in [6.45, 7) is 1.04. The van der Waals surface area contributed by atoms with E-state index in [1.165, 1.54) is 0 Å². The van der Waals surface area contributed by atoms with Crippen LogP contribution in [-0.2, 0) is 33.7 Å². The number of ether oxygens (including phenoxy) is 2. The Morgan fingerprint density at radius 3 is 2.17 bits per heavy atom. The molecule has 0 saturated heterocycles. The molecule has 0 heterocycles. The Bertz CT molecular complexity index is 1070. The van der Waals surface area contributed by atoms with Gasteiger partial charge in [0.05, 0.1) is 20.1 Å². The van der Waals surface area contributed by atoms with Crippen LogP contribution in [0.2, 0.25) is 5.02 Å². The number of hydrogen-bond acceptors (Lipinski definition) is 4. The van der Waals surface area contributed by atoms with E-state index in [4.69, 9.17) is 21.1 Å². The Morgan fingerprint density at radius 1 is 0.886 bits per heavy atom. The van der Waals surface area contributed by atoms with Gasteiger partial charge in [-0.25, -0.2) is 0 Å². The zero-order valence-corrected chi connectivity index (χ0v) is 20.8. The average Bonchev–Trinajstić information content (AvgIpc) is 2.88. The molecule has 0 aliphatic carbocycles. The molecule has 3 aromatic rings. The van der Waals surface area contributed by atoms with Crippen molar-refractivity contribution in [2.45, 2.75) is 25.4 Å². The molecule has 3 rings (SSSR count). The summed E-state index contributed by atoms with van der Waals surface area (Å²) in [4.78, 5) is 28.7. The molecular weight excluding hydrogens is 464 g/mol. The average molecular weight is 495 g/mol. The Hall–Kier alpha value is -3.35. The van der Waals surface area contributed by atoms with E-state index in [0.717, 1.165) is 22.4 Å². The molecule has 0 bridgehead atoms. The molecule has 0 saturated carbocycles. The minimum atomic E-state index is -0.698. The third-order valence-electron chi connectivity index (χ3n) is 5.66. The summed E-state index contributed by atoms with van der Waals surface area (Å²) >= 11 is 6.02. The summed E-state index contributed by atoms with van der Waals surface area (Å²) in [7, 11) is 3.19. The monoisotopic (exact) mass is 494 g/mol. The molecular formula is C28H31ClN2O4. The van der Waals surface area contributed by atoms with Gasteiger partial charge in [0.2, 0.25) is 11.8 Å². The maximum Gasteiger partial charge on any atom is 0.243 e. The summed E-state index contributed by atoms with van der Waals surface area (Å²) in [5.41, 5.74) is 2.70. The molecule has 3 aromatic carbocycles. The van der Waals surface area contributed by atoms with Crippen molar-refractivity contribution in [2.75, 3.05) is 27.4 Å². The number of carbonyl (C=O) groups excluding carboxylic acids is 2. The Balaban J connectivity index is 1.92. The first-order chi connectivity index (χ1) is 17.0. The third-order valence-corrected chi connectivity index (χ3v) is 5.91. The van der Waals surface area contributed by atoms with Crippen molar-refractivity contribution in [1.29, 1.82) is 0 Å². The summed E-state index contributed by atoms with van der Waals surface area (Å²) in [5.74, 6) is 0.362. The second kappa shape index (κ2) is 13.5. The van der Waals surface area contributed by atoms with Crippen LogP contribution in [-0.4, -0.2) is 50.1 Å². The number of nitrogens with zero attached hydrogens (tertiary/aromatic N) is 1. The Labute approximate surface area is 211 Å². The molecule has 0 aliphatic heterocycles. The second-order valence-electron chi connectivity index (χ2n) is 8.16. The van der Waals surface area contributed by atoms with Gasteiger partial charge < -0.3 is 19.7 Å². The molecule has 184 valence electrons.